The number of phenolic OH excluding ortho intramolecular Hbond substituents is 1. The average molecular weight is 556 g/mol. The first-order valence-corrected chi connectivity index (χ1v) is 13.9. The van der Waals surface area contributed by atoms with Crippen molar-refractivity contribution in [1.29, 1.82) is 0 Å². The van der Waals surface area contributed by atoms with Gasteiger partial charge >= 0.3 is 0 Å². The van der Waals surface area contributed by atoms with Crippen LogP contribution < -0.4 is 15.8 Å². The van der Waals surface area contributed by atoms with E-state index in [1.54, 1.807) is 14.1 Å². The molecule has 5 N–H and O–H groups in total. The SMILES string of the molecule is COc1c(CNC2CCCCC2)cc(O)c2c1C[C@H]1C[C@H]3[C@H](N(C)C)C(=O)C(C(N)=O)C(=O)[C@@]3(O)C(=O)C1C2=O. The number of methoxy groups -OCH3 is 1. The van der Waals surface area contributed by atoms with E-state index in [1.807, 2.05) is 0 Å². The molecular weight excluding hydrogens is 518 g/mol. The first-order valence-electron chi connectivity index (χ1n) is 13.9. The molecule has 11 heteroatoms. The number of primary amides is 1. The van der Waals surface area contributed by atoms with Crippen molar-refractivity contribution < 1.29 is 38.9 Å². The molecule has 0 radical (unpaired) electrons. The molecule has 1 amide bonds. The normalized spacial score (nSPS) is 32.5. The summed E-state index contributed by atoms with van der Waals surface area (Å²) in [6.07, 6.45) is 5.82. The molecular formula is C29H37N3O8. The molecule has 0 aromatic heterocycles. The minimum Gasteiger partial charge on any atom is -0.507 e. The lowest BCUT2D eigenvalue weighted by molar-refractivity contribution is -0.181. The van der Waals surface area contributed by atoms with Gasteiger partial charge in [-0.05, 0) is 51.8 Å². The molecule has 0 spiro atoms. The van der Waals surface area contributed by atoms with E-state index in [1.165, 1.54) is 24.5 Å². The number of carbonyl (C=O) groups is 5. The zero-order valence-corrected chi connectivity index (χ0v) is 23.1. The van der Waals surface area contributed by atoms with Crippen molar-refractivity contribution in [2.45, 2.75) is 69.2 Å². The molecule has 0 heterocycles. The summed E-state index contributed by atoms with van der Waals surface area (Å²) < 4.78 is 5.75. The van der Waals surface area contributed by atoms with Crippen molar-refractivity contribution in [2.75, 3.05) is 21.2 Å². The summed E-state index contributed by atoms with van der Waals surface area (Å²) in [7, 11) is 4.60. The van der Waals surface area contributed by atoms with E-state index in [0.29, 0.717) is 29.5 Å². The molecule has 4 aliphatic carbocycles. The number of carbonyl (C=O) groups excluding carboxylic acids is 5. The highest BCUT2D eigenvalue weighted by Gasteiger charge is 2.69. The lowest BCUT2D eigenvalue weighted by atomic mass is 9.52. The van der Waals surface area contributed by atoms with Gasteiger partial charge in [-0.15, -0.1) is 0 Å². The predicted molar refractivity (Wildman–Crippen MR) is 142 cm³/mol. The monoisotopic (exact) mass is 555 g/mol. The van der Waals surface area contributed by atoms with Gasteiger partial charge in [-0.2, -0.15) is 0 Å². The number of aliphatic hydroxyl groups is 1. The molecule has 1 aromatic carbocycles. The van der Waals surface area contributed by atoms with Crippen LogP contribution in [0.2, 0.25) is 0 Å². The summed E-state index contributed by atoms with van der Waals surface area (Å²) in [5.74, 6) is -10.2. The molecule has 0 saturated heterocycles. The number of likely N-dealkylation sites (N-methyl/N-ethyl adjacent to an activating group) is 1. The maximum atomic E-state index is 13.9. The van der Waals surface area contributed by atoms with E-state index in [0.717, 1.165) is 25.7 Å². The summed E-state index contributed by atoms with van der Waals surface area (Å²) in [5.41, 5.74) is 3.71. The molecule has 2 unspecified atom stereocenters. The maximum absolute atomic E-state index is 13.9. The topological polar surface area (TPSA) is 176 Å². The maximum Gasteiger partial charge on any atom is 0.235 e. The van der Waals surface area contributed by atoms with Crippen molar-refractivity contribution >= 4 is 29.0 Å². The quantitative estimate of drug-likeness (QED) is 0.357. The number of nitrogens with one attached hydrogen (secondary N) is 1. The molecule has 40 heavy (non-hydrogen) atoms. The first-order chi connectivity index (χ1) is 18.9. The van der Waals surface area contributed by atoms with Crippen molar-refractivity contribution in [3.05, 3.63) is 22.8 Å². The van der Waals surface area contributed by atoms with Gasteiger partial charge in [0.2, 0.25) is 5.91 Å². The van der Waals surface area contributed by atoms with Crippen molar-refractivity contribution in [3.8, 4) is 11.5 Å². The van der Waals surface area contributed by atoms with E-state index < -0.39 is 64.4 Å². The minimum absolute atomic E-state index is 0.00162. The van der Waals surface area contributed by atoms with Crippen molar-refractivity contribution in [2.24, 2.45) is 29.4 Å². The Balaban J connectivity index is 1.54. The van der Waals surface area contributed by atoms with Crippen LogP contribution in [0.25, 0.3) is 0 Å². The number of fused-ring (bicyclic) bond motifs is 3. The molecule has 11 nitrogen and oxygen atoms in total. The number of aromatic hydroxyl groups is 1. The van der Waals surface area contributed by atoms with Gasteiger partial charge in [0, 0.05) is 29.6 Å². The molecule has 5 rings (SSSR count). The smallest absolute Gasteiger partial charge is 0.235 e. The van der Waals surface area contributed by atoms with Gasteiger partial charge in [0.05, 0.1) is 24.6 Å². The number of ether oxygens (including phenoxy) is 1. The molecule has 0 aliphatic heterocycles. The Morgan fingerprint density at radius 3 is 2.42 bits per heavy atom. The largest absolute Gasteiger partial charge is 0.507 e. The van der Waals surface area contributed by atoms with E-state index in [4.69, 9.17) is 10.5 Å². The summed E-state index contributed by atoms with van der Waals surface area (Å²) in [5, 5.41) is 26.2. The standard InChI is InChI=1S/C29H37N3O8/c1-32(2)22-17-10-13-9-16-20(18(33)11-14(25(16)40-3)12-31-15-7-5-4-6-8-15)23(34)19(13)26(36)29(17,39)27(37)21(24(22)35)28(30)38/h11,13,15,17,19,21-22,31,33,39H,4-10,12H2,1-3H3,(H2,30,38)/t13-,17-,19?,21?,22-,29-/m0/s1. The fraction of sp³-hybridized carbons (Fsp3) is 0.621. The number of amides is 1. The van der Waals surface area contributed by atoms with Gasteiger partial charge in [0.25, 0.3) is 0 Å². The molecule has 3 fully saturated rings. The first kappa shape index (κ1) is 28.4. The van der Waals surface area contributed by atoms with Gasteiger partial charge in [-0.1, -0.05) is 19.3 Å². The zero-order valence-electron chi connectivity index (χ0n) is 23.1. The third-order valence-corrected chi connectivity index (χ3v) is 9.48. The Bertz CT molecular complexity index is 1290. The number of phenols is 1. The summed E-state index contributed by atoms with van der Waals surface area (Å²) in [4.78, 5) is 67.9. The number of hydrogen-bond acceptors (Lipinski definition) is 10. The number of ketones is 4. The van der Waals surface area contributed by atoms with Crippen LogP contribution in [0.1, 0.15) is 60.0 Å². The Morgan fingerprint density at radius 2 is 1.82 bits per heavy atom. The molecule has 0 bridgehead atoms. The molecule has 216 valence electrons. The van der Waals surface area contributed by atoms with E-state index in [9.17, 15) is 34.2 Å². The Labute approximate surface area is 232 Å². The second kappa shape index (κ2) is 10.4. The van der Waals surface area contributed by atoms with Crippen LogP contribution in [0.3, 0.4) is 0 Å². The van der Waals surface area contributed by atoms with E-state index >= 15 is 0 Å². The van der Waals surface area contributed by atoms with Crippen LogP contribution >= 0.6 is 0 Å². The third-order valence-electron chi connectivity index (χ3n) is 9.48. The predicted octanol–water partition coefficient (Wildman–Crippen LogP) is 0.298. The zero-order chi connectivity index (χ0) is 29.1. The fourth-order valence-corrected chi connectivity index (χ4v) is 7.66. The number of nitrogens with zero attached hydrogens (tertiary/aromatic N) is 1. The van der Waals surface area contributed by atoms with Crippen LogP contribution in [-0.2, 0) is 32.1 Å². The molecule has 6 atom stereocenters. The van der Waals surface area contributed by atoms with Gasteiger partial charge in [-0.25, -0.2) is 0 Å². The van der Waals surface area contributed by atoms with Gasteiger partial charge < -0.3 is 26.0 Å². The van der Waals surface area contributed by atoms with E-state index in [2.05, 4.69) is 5.32 Å². The van der Waals surface area contributed by atoms with Crippen LogP contribution in [0.5, 0.6) is 11.5 Å². The highest BCUT2D eigenvalue weighted by Crippen LogP contribution is 2.52. The average Bonchev–Trinajstić information content (AvgIpc) is 2.89. The summed E-state index contributed by atoms with van der Waals surface area (Å²) in [6.45, 7) is 0.429. The fourth-order valence-electron chi connectivity index (χ4n) is 7.66. The van der Waals surface area contributed by atoms with Crippen molar-refractivity contribution in [1.82, 2.24) is 10.2 Å². The Kier molecular flexibility index (Phi) is 7.35. The Morgan fingerprint density at radius 1 is 1.15 bits per heavy atom. The van der Waals surface area contributed by atoms with Crippen LogP contribution in [-0.4, -0.2) is 83.0 Å². The van der Waals surface area contributed by atoms with Gasteiger partial charge in [0.15, 0.2) is 34.7 Å². The summed E-state index contributed by atoms with van der Waals surface area (Å²) in [6, 6.07) is 0.680. The highest BCUT2D eigenvalue weighted by atomic mass is 16.5. The number of hydrogen-bond donors (Lipinski definition) is 4. The molecule has 3 saturated carbocycles. The second-order valence-corrected chi connectivity index (χ2v) is 11.9. The van der Waals surface area contributed by atoms with Crippen LogP contribution in [0.15, 0.2) is 6.07 Å². The minimum atomic E-state index is -2.74. The number of benzene rings is 1. The molecule has 1 aromatic rings. The van der Waals surface area contributed by atoms with Crippen molar-refractivity contribution in [3.63, 3.8) is 0 Å². The van der Waals surface area contributed by atoms with Crippen LogP contribution in [0, 0.1) is 23.7 Å². The lowest BCUT2D eigenvalue weighted by Gasteiger charge is -2.52. The van der Waals surface area contributed by atoms with Crippen LogP contribution in [0.4, 0.5) is 0 Å². The van der Waals surface area contributed by atoms with Gasteiger partial charge in [0.1, 0.15) is 11.5 Å². The lowest BCUT2D eigenvalue weighted by Crippen LogP contribution is -2.74. The van der Waals surface area contributed by atoms with E-state index in [-0.39, 0.29) is 24.2 Å². The number of nitrogens with two attached hydrogens (primary N) is 1. The number of Topliss-reactive ketones (excluding diaryl/α,β-unsaturated/α-hetero) is 4. The summed E-state index contributed by atoms with van der Waals surface area (Å²) >= 11 is 0. The number of rotatable bonds is 6. The van der Waals surface area contributed by atoms with Gasteiger partial charge in [-0.3, -0.25) is 28.9 Å². The Hall–Kier alpha value is -3.15. The molecule has 4 aliphatic rings. The third kappa shape index (κ3) is 4.17. The highest BCUT2D eigenvalue weighted by molar-refractivity contribution is 6.32. The second-order valence-electron chi connectivity index (χ2n) is 11.9.